The van der Waals surface area contributed by atoms with Crippen LogP contribution < -0.4 is 14.8 Å². The molecule has 0 unspecified atom stereocenters. The average molecular weight is 499 g/mol. The first-order valence-corrected chi connectivity index (χ1v) is 13.2. The zero-order chi connectivity index (χ0) is 24.7. The largest absolute Gasteiger partial charge is 0.492 e. The summed E-state index contributed by atoms with van der Waals surface area (Å²) in [4.78, 5) is 12.8. The van der Waals surface area contributed by atoms with E-state index in [2.05, 4.69) is 5.32 Å². The van der Waals surface area contributed by atoms with Crippen molar-refractivity contribution in [1.29, 1.82) is 0 Å². The lowest BCUT2D eigenvalue weighted by Crippen LogP contribution is -2.40. The second kappa shape index (κ2) is 11.5. The van der Waals surface area contributed by atoms with Crippen molar-refractivity contribution in [1.82, 2.24) is 9.62 Å². The third-order valence-electron chi connectivity index (χ3n) is 5.76. The molecule has 4 rings (SSSR count). The molecule has 0 radical (unpaired) electrons. The number of hydrogen-bond donors (Lipinski definition) is 1. The van der Waals surface area contributed by atoms with Crippen LogP contribution in [0.3, 0.4) is 0 Å². The summed E-state index contributed by atoms with van der Waals surface area (Å²) >= 11 is 0. The van der Waals surface area contributed by atoms with Gasteiger partial charge in [0.2, 0.25) is 10.0 Å². The molecule has 0 spiro atoms. The van der Waals surface area contributed by atoms with E-state index < -0.39 is 16.1 Å². The molecular weight excluding hydrogens is 468 g/mol. The van der Waals surface area contributed by atoms with Gasteiger partial charge in [-0.25, -0.2) is 8.42 Å². The minimum Gasteiger partial charge on any atom is -0.492 e. The summed E-state index contributed by atoms with van der Waals surface area (Å²) in [7, 11) is -3.54. The zero-order valence-corrected chi connectivity index (χ0v) is 20.5. The highest BCUT2D eigenvalue weighted by Crippen LogP contribution is 2.22. The Morgan fingerprint density at radius 3 is 2.40 bits per heavy atom. The van der Waals surface area contributed by atoms with E-state index in [4.69, 9.17) is 14.2 Å². The fourth-order valence-corrected chi connectivity index (χ4v) is 5.24. The Labute approximate surface area is 205 Å². The predicted octanol–water partition coefficient (Wildman–Crippen LogP) is 3.21. The van der Waals surface area contributed by atoms with Crippen LogP contribution >= 0.6 is 0 Å². The van der Waals surface area contributed by atoms with Crippen LogP contribution in [-0.2, 0) is 19.6 Å². The molecule has 1 saturated heterocycles. The number of nitrogens with zero attached hydrogens (tertiary/aromatic N) is 1. The molecule has 1 aliphatic rings. The minimum atomic E-state index is -3.54. The molecule has 186 valence electrons. The molecule has 0 bridgehead atoms. The van der Waals surface area contributed by atoms with Crippen molar-refractivity contribution in [3.05, 3.63) is 66.7 Å². The maximum Gasteiger partial charge on any atom is 0.261 e. The molecule has 1 amide bonds. The lowest BCUT2D eigenvalue weighted by Gasteiger charge is -2.26. The second-order valence-electron chi connectivity index (χ2n) is 8.15. The van der Waals surface area contributed by atoms with Gasteiger partial charge in [-0.1, -0.05) is 37.3 Å². The van der Waals surface area contributed by atoms with Crippen molar-refractivity contribution in [3.63, 3.8) is 0 Å². The maximum absolute atomic E-state index is 12.7. The van der Waals surface area contributed by atoms with Crippen LogP contribution in [0.2, 0.25) is 0 Å². The Balaban J connectivity index is 1.24. The van der Waals surface area contributed by atoms with Crippen LogP contribution in [0.4, 0.5) is 0 Å². The number of hydrogen-bond acceptors (Lipinski definition) is 6. The smallest absolute Gasteiger partial charge is 0.261 e. The molecule has 1 heterocycles. The van der Waals surface area contributed by atoms with Crippen LogP contribution in [0.25, 0.3) is 10.8 Å². The number of amides is 1. The summed E-state index contributed by atoms with van der Waals surface area (Å²) in [6, 6.07) is 20.0. The number of rotatable bonds is 10. The second-order valence-corrected chi connectivity index (χ2v) is 10.1. The molecule has 1 N–H and O–H groups in total. The standard InChI is InChI=1S/C26H30N2O6S/c1-2-25(34-23-8-7-20-5-3-4-6-21(20)19-23)26(29)27-13-16-33-22-9-11-24(12-10-22)35(30,31)28-14-17-32-18-15-28/h3-12,19,25H,2,13-18H2,1H3,(H,27,29)/t25-/m0/s1. The Morgan fingerprint density at radius 2 is 1.69 bits per heavy atom. The first-order chi connectivity index (χ1) is 17.0. The normalized spacial score (nSPS) is 15.5. The van der Waals surface area contributed by atoms with E-state index in [-0.39, 0.29) is 17.4 Å². The molecular formula is C26H30N2O6S. The number of morpholine rings is 1. The molecule has 0 aliphatic carbocycles. The van der Waals surface area contributed by atoms with Crippen molar-refractivity contribution in [2.75, 3.05) is 39.5 Å². The lowest BCUT2D eigenvalue weighted by molar-refractivity contribution is -0.128. The summed E-state index contributed by atoms with van der Waals surface area (Å²) < 4.78 is 43.6. The van der Waals surface area contributed by atoms with Crippen molar-refractivity contribution in [2.24, 2.45) is 0 Å². The van der Waals surface area contributed by atoms with Gasteiger partial charge in [0.25, 0.3) is 5.91 Å². The van der Waals surface area contributed by atoms with E-state index in [1.165, 1.54) is 16.4 Å². The average Bonchev–Trinajstić information content (AvgIpc) is 2.90. The minimum absolute atomic E-state index is 0.212. The highest BCUT2D eigenvalue weighted by Gasteiger charge is 2.26. The highest BCUT2D eigenvalue weighted by atomic mass is 32.2. The van der Waals surface area contributed by atoms with Crippen molar-refractivity contribution < 1.29 is 27.4 Å². The molecule has 3 aromatic carbocycles. The first kappa shape index (κ1) is 25.0. The summed E-state index contributed by atoms with van der Waals surface area (Å²) in [6.07, 6.45) is -0.0839. The Hall–Kier alpha value is -3.14. The molecule has 1 fully saturated rings. The van der Waals surface area contributed by atoms with E-state index in [1.54, 1.807) is 12.1 Å². The van der Waals surface area contributed by atoms with Crippen molar-refractivity contribution >= 4 is 26.7 Å². The summed E-state index contributed by atoms with van der Waals surface area (Å²) in [6.45, 7) is 3.94. The SMILES string of the molecule is CC[C@H](Oc1ccc2ccccc2c1)C(=O)NCCOc1ccc(S(=O)(=O)N2CCOCC2)cc1. The first-order valence-electron chi connectivity index (χ1n) is 11.7. The molecule has 0 aromatic heterocycles. The van der Waals surface area contributed by atoms with Gasteiger partial charge in [0.1, 0.15) is 18.1 Å². The van der Waals surface area contributed by atoms with E-state index >= 15 is 0 Å². The summed E-state index contributed by atoms with van der Waals surface area (Å²) in [5, 5.41) is 5.00. The van der Waals surface area contributed by atoms with Gasteiger partial charge in [-0.05, 0) is 53.6 Å². The number of carbonyl (C=O) groups is 1. The number of carbonyl (C=O) groups excluding carboxylic acids is 1. The van der Waals surface area contributed by atoms with Gasteiger partial charge in [-0.15, -0.1) is 0 Å². The number of ether oxygens (including phenoxy) is 3. The Morgan fingerprint density at radius 1 is 1.00 bits per heavy atom. The molecule has 9 heteroatoms. The monoisotopic (exact) mass is 498 g/mol. The number of sulfonamides is 1. The van der Waals surface area contributed by atoms with Crippen LogP contribution in [0, 0.1) is 0 Å². The number of nitrogens with one attached hydrogen (secondary N) is 1. The topological polar surface area (TPSA) is 94.2 Å². The van der Waals surface area contributed by atoms with Crippen LogP contribution in [-0.4, -0.2) is 64.2 Å². The molecule has 35 heavy (non-hydrogen) atoms. The number of fused-ring (bicyclic) bond motifs is 1. The summed E-state index contributed by atoms with van der Waals surface area (Å²) in [5.41, 5.74) is 0. The Bertz CT molecular complexity index is 1240. The van der Waals surface area contributed by atoms with Gasteiger partial charge >= 0.3 is 0 Å². The van der Waals surface area contributed by atoms with Gasteiger partial charge in [0, 0.05) is 13.1 Å². The van der Waals surface area contributed by atoms with Crippen molar-refractivity contribution in [2.45, 2.75) is 24.3 Å². The van der Waals surface area contributed by atoms with Gasteiger partial charge in [0.05, 0.1) is 24.7 Å². The Kier molecular flexibility index (Phi) is 8.22. The maximum atomic E-state index is 12.7. The number of benzene rings is 3. The van der Waals surface area contributed by atoms with E-state index in [1.807, 2.05) is 49.4 Å². The van der Waals surface area contributed by atoms with E-state index in [0.29, 0.717) is 50.8 Å². The van der Waals surface area contributed by atoms with E-state index in [9.17, 15) is 13.2 Å². The third-order valence-corrected chi connectivity index (χ3v) is 7.68. The van der Waals surface area contributed by atoms with E-state index in [0.717, 1.165) is 10.8 Å². The molecule has 1 atom stereocenters. The van der Waals surface area contributed by atoms with Gasteiger partial charge in [0.15, 0.2) is 6.10 Å². The highest BCUT2D eigenvalue weighted by molar-refractivity contribution is 7.89. The van der Waals surface area contributed by atoms with Crippen LogP contribution in [0.1, 0.15) is 13.3 Å². The molecule has 3 aromatic rings. The van der Waals surface area contributed by atoms with Gasteiger partial charge in [-0.2, -0.15) is 4.31 Å². The predicted molar refractivity (Wildman–Crippen MR) is 133 cm³/mol. The fraction of sp³-hybridized carbons (Fsp3) is 0.346. The quantitative estimate of drug-likeness (QED) is 0.432. The van der Waals surface area contributed by atoms with Gasteiger partial charge in [-0.3, -0.25) is 4.79 Å². The molecule has 8 nitrogen and oxygen atoms in total. The van der Waals surface area contributed by atoms with Gasteiger partial charge < -0.3 is 19.5 Å². The van der Waals surface area contributed by atoms with Crippen LogP contribution in [0.15, 0.2) is 71.6 Å². The van der Waals surface area contributed by atoms with Crippen molar-refractivity contribution in [3.8, 4) is 11.5 Å². The zero-order valence-electron chi connectivity index (χ0n) is 19.7. The van der Waals surface area contributed by atoms with Crippen LogP contribution in [0.5, 0.6) is 11.5 Å². The lowest BCUT2D eigenvalue weighted by atomic mass is 10.1. The molecule has 1 aliphatic heterocycles. The fourth-order valence-electron chi connectivity index (χ4n) is 3.83. The summed E-state index contributed by atoms with van der Waals surface area (Å²) in [5.74, 6) is 0.963. The third kappa shape index (κ3) is 6.30. The molecule has 0 saturated carbocycles.